The van der Waals surface area contributed by atoms with Gasteiger partial charge in [0.05, 0.1) is 7.18 Å². The largest absolute Gasteiger partial charge is 0.324 e. The summed E-state index contributed by atoms with van der Waals surface area (Å²) in [7, 11) is 0.500. The topological polar surface area (TPSA) is 38.0 Å². The van der Waals surface area contributed by atoms with Crippen LogP contribution in [0.1, 0.15) is 0 Å². The number of anilines is 1. The fourth-order valence-corrected chi connectivity index (χ4v) is 0.534. The van der Waals surface area contributed by atoms with Gasteiger partial charge in [0, 0.05) is 5.69 Å². The molecule has 10 heavy (non-hydrogen) atoms. The Kier molecular flexibility index (Phi) is 5.38. The van der Waals surface area contributed by atoms with E-state index in [1.165, 1.54) is 0 Å². The molecule has 0 atom stereocenters. The van der Waals surface area contributed by atoms with E-state index in [9.17, 15) is 4.39 Å². The fraction of sp³-hybridized carbons (Fsp3) is 0.143. The van der Waals surface area contributed by atoms with Gasteiger partial charge in [-0.2, -0.15) is 0 Å². The van der Waals surface area contributed by atoms with Crippen LogP contribution in [0.2, 0.25) is 0 Å². The number of hydrogen-bond donors (Lipinski definition) is 2. The van der Waals surface area contributed by atoms with E-state index in [4.69, 9.17) is 5.84 Å². The van der Waals surface area contributed by atoms with Crippen LogP contribution in [-0.4, -0.2) is 7.18 Å². The Morgan fingerprint density at radius 3 is 2.00 bits per heavy atom. The van der Waals surface area contributed by atoms with Gasteiger partial charge in [0.15, 0.2) is 0 Å². The molecule has 0 spiro atoms. The lowest BCUT2D eigenvalue weighted by Gasteiger charge is -1.94. The van der Waals surface area contributed by atoms with Gasteiger partial charge in [0.25, 0.3) is 0 Å². The third-order valence-corrected chi connectivity index (χ3v) is 0.940. The summed E-state index contributed by atoms with van der Waals surface area (Å²) in [5.41, 5.74) is 3.46. The highest BCUT2D eigenvalue weighted by molar-refractivity contribution is 5.40. The first-order valence-corrected chi connectivity index (χ1v) is 2.83. The summed E-state index contributed by atoms with van der Waals surface area (Å²) in [6.45, 7) is 0. The first-order valence-electron chi connectivity index (χ1n) is 2.83. The fourth-order valence-electron chi connectivity index (χ4n) is 0.534. The molecular formula is C7H11FN2. The third kappa shape index (κ3) is 3.04. The molecule has 0 saturated carbocycles. The van der Waals surface area contributed by atoms with Crippen LogP contribution in [0.4, 0.5) is 10.1 Å². The number of hydrogen-bond acceptors (Lipinski definition) is 2. The Labute approximate surface area is 59.8 Å². The minimum absolute atomic E-state index is 0.500. The van der Waals surface area contributed by atoms with Crippen LogP contribution >= 0.6 is 0 Å². The number of benzene rings is 1. The van der Waals surface area contributed by atoms with Crippen molar-refractivity contribution in [2.45, 2.75) is 0 Å². The van der Waals surface area contributed by atoms with E-state index in [1.54, 1.807) is 0 Å². The highest BCUT2D eigenvalue weighted by Gasteiger charge is 1.78. The molecule has 3 N–H and O–H groups in total. The molecule has 0 aliphatic carbocycles. The van der Waals surface area contributed by atoms with E-state index in [-0.39, 0.29) is 0 Å². The summed E-state index contributed by atoms with van der Waals surface area (Å²) >= 11 is 0. The van der Waals surface area contributed by atoms with Gasteiger partial charge in [-0.1, -0.05) is 18.2 Å². The Bertz CT molecular complexity index is 153. The molecule has 1 aromatic carbocycles. The molecule has 0 bridgehead atoms. The summed E-state index contributed by atoms with van der Waals surface area (Å²) < 4.78 is 9.50. The van der Waals surface area contributed by atoms with Gasteiger partial charge in [-0.05, 0) is 12.1 Å². The Morgan fingerprint density at radius 1 is 1.20 bits per heavy atom. The zero-order valence-corrected chi connectivity index (χ0v) is 5.84. The Balaban J connectivity index is 0.000000371. The predicted octanol–water partition coefficient (Wildman–Crippen LogP) is 1.56. The van der Waals surface area contributed by atoms with Gasteiger partial charge in [0.2, 0.25) is 0 Å². The van der Waals surface area contributed by atoms with Crippen LogP contribution in [0.15, 0.2) is 30.3 Å². The summed E-state index contributed by atoms with van der Waals surface area (Å²) in [6.07, 6.45) is 0. The highest BCUT2D eigenvalue weighted by atomic mass is 19.1. The number of nitrogens with two attached hydrogens (primary N) is 1. The molecule has 0 fully saturated rings. The van der Waals surface area contributed by atoms with Crippen LogP contribution in [0.3, 0.4) is 0 Å². The van der Waals surface area contributed by atoms with Gasteiger partial charge in [-0.3, -0.25) is 10.2 Å². The number of halogens is 1. The number of para-hydroxylation sites is 1. The summed E-state index contributed by atoms with van der Waals surface area (Å²) in [5.74, 6) is 5.10. The smallest absolute Gasteiger partial charge is 0.0785 e. The first kappa shape index (κ1) is 8.91. The van der Waals surface area contributed by atoms with Gasteiger partial charge in [-0.25, -0.2) is 0 Å². The maximum Gasteiger partial charge on any atom is 0.0785 e. The normalized spacial score (nSPS) is 7.50. The van der Waals surface area contributed by atoms with Crippen molar-refractivity contribution in [3.8, 4) is 0 Å². The minimum atomic E-state index is 0.500. The van der Waals surface area contributed by atoms with Gasteiger partial charge in [0.1, 0.15) is 0 Å². The van der Waals surface area contributed by atoms with Crippen LogP contribution in [-0.2, 0) is 0 Å². The van der Waals surface area contributed by atoms with Crippen molar-refractivity contribution in [2.24, 2.45) is 5.84 Å². The summed E-state index contributed by atoms with van der Waals surface area (Å²) in [4.78, 5) is 0. The van der Waals surface area contributed by atoms with E-state index in [1.807, 2.05) is 30.3 Å². The molecule has 0 heterocycles. The van der Waals surface area contributed by atoms with E-state index >= 15 is 0 Å². The SMILES string of the molecule is CF.NNc1ccccc1. The molecule has 0 aliphatic rings. The van der Waals surface area contributed by atoms with Crippen LogP contribution in [0.5, 0.6) is 0 Å². The Morgan fingerprint density at radius 2 is 1.70 bits per heavy atom. The lowest BCUT2D eigenvalue weighted by atomic mass is 10.3. The lowest BCUT2D eigenvalue weighted by molar-refractivity contribution is 0.636. The van der Waals surface area contributed by atoms with E-state index in [0.29, 0.717) is 7.18 Å². The van der Waals surface area contributed by atoms with Crippen LogP contribution < -0.4 is 11.3 Å². The number of nitrogens with one attached hydrogen (secondary N) is 1. The molecule has 3 heteroatoms. The summed E-state index contributed by atoms with van der Waals surface area (Å²) in [5, 5.41) is 0. The van der Waals surface area contributed by atoms with Crippen LogP contribution in [0.25, 0.3) is 0 Å². The average molecular weight is 142 g/mol. The van der Waals surface area contributed by atoms with Crippen molar-refractivity contribution in [3.63, 3.8) is 0 Å². The molecule has 0 saturated heterocycles. The molecular weight excluding hydrogens is 131 g/mol. The molecule has 1 rings (SSSR count). The number of nitrogen functional groups attached to an aromatic ring is 1. The first-order chi connectivity index (χ1) is 4.93. The highest BCUT2D eigenvalue weighted by Crippen LogP contribution is 2.00. The quantitative estimate of drug-likeness (QED) is 0.461. The molecule has 1 aromatic rings. The van der Waals surface area contributed by atoms with Crippen LogP contribution in [0, 0.1) is 0 Å². The molecule has 0 amide bonds. The van der Waals surface area contributed by atoms with E-state index < -0.39 is 0 Å². The third-order valence-electron chi connectivity index (χ3n) is 0.940. The minimum Gasteiger partial charge on any atom is -0.324 e. The average Bonchev–Trinajstić information content (AvgIpc) is 2.10. The van der Waals surface area contributed by atoms with Crippen molar-refractivity contribution in [1.82, 2.24) is 0 Å². The number of hydrazine groups is 1. The maximum atomic E-state index is 9.50. The second-order valence-electron chi connectivity index (χ2n) is 1.51. The lowest BCUT2D eigenvalue weighted by Crippen LogP contribution is -2.05. The predicted molar refractivity (Wildman–Crippen MR) is 41.3 cm³/mol. The second-order valence-corrected chi connectivity index (χ2v) is 1.51. The maximum absolute atomic E-state index is 9.50. The molecule has 0 radical (unpaired) electrons. The van der Waals surface area contributed by atoms with Crippen molar-refractivity contribution in [3.05, 3.63) is 30.3 Å². The van der Waals surface area contributed by atoms with Gasteiger partial charge >= 0.3 is 0 Å². The van der Waals surface area contributed by atoms with Crippen molar-refractivity contribution >= 4 is 5.69 Å². The zero-order valence-electron chi connectivity index (χ0n) is 5.84. The molecule has 2 nitrogen and oxygen atoms in total. The molecule has 56 valence electrons. The summed E-state index contributed by atoms with van der Waals surface area (Å²) in [6, 6.07) is 9.60. The zero-order chi connectivity index (χ0) is 7.82. The molecule has 0 aromatic heterocycles. The number of rotatable bonds is 1. The molecule has 0 aliphatic heterocycles. The second kappa shape index (κ2) is 6.04. The van der Waals surface area contributed by atoms with Gasteiger partial charge in [-0.15, -0.1) is 0 Å². The Hall–Kier alpha value is -1.09. The van der Waals surface area contributed by atoms with E-state index in [2.05, 4.69) is 5.43 Å². The standard InChI is InChI=1S/C6H8N2.CH3F/c7-8-6-4-2-1-3-5-6;1-2/h1-5,8H,7H2;1H3. The number of alkyl halides is 1. The van der Waals surface area contributed by atoms with Crippen molar-refractivity contribution in [1.29, 1.82) is 0 Å². The molecule has 0 unspecified atom stereocenters. The monoisotopic (exact) mass is 142 g/mol. The van der Waals surface area contributed by atoms with E-state index in [0.717, 1.165) is 5.69 Å². The van der Waals surface area contributed by atoms with Gasteiger partial charge < -0.3 is 5.43 Å². The van der Waals surface area contributed by atoms with Crippen molar-refractivity contribution < 1.29 is 4.39 Å². The van der Waals surface area contributed by atoms with Crippen molar-refractivity contribution in [2.75, 3.05) is 12.6 Å².